The largest absolute Gasteiger partial charge is 0.393 e. The molecule has 0 heterocycles. The number of carbonyl (C=O) groups is 3. The lowest BCUT2D eigenvalue weighted by molar-refractivity contribution is -0.160. The molecule has 6 nitrogen and oxygen atoms in total. The maximum atomic E-state index is 11.6. The SMILES string of the molecule is CCCCC(CC)CNC(=O)C(O)CC(=O)OC(C)=O. The van der Waals surface area contributed by atoms with Crippen molar-refractivity contribution in [3.63, 3.8) is 0 Å². The molecule has 0 spiro atoms. The molecule has 0 aromatic carbocycles. The number of aliphatic hydroxyl groups excluding tert-OH is 1. The van der Waals surface area contributed by atoms with Crippen molar-refractivity contribution in [2.45, 2.75) is 59.0 Å². The minimum Gasteiger partial charge on any atom is -0.393 e. The molecule has 0 rings (SSSR count). The molecule has 0 fully saturated rings. The van der Waals surface area contributed by atoms with Crippen LogP contribution in [0.25, 0.3) is 0 Å². The van der Waals surface area contributed by atoms with Gasteiger partial charge in [-0.1, -0.05) is 33.1 Å². The van der Waals surface area contributed by atoms with Gasteiger partial charge in [0, 0.05) is 13.5 Å². The number of ether oxygens (including phenoxy) is 1. The number of esters is 2. The summed E-state index contributed by atoms with van der Waals surface area (Å²) >= 11 is 0. The highest BCUT2D eigenvalue weighted by atomic mass is 16.6. The predicted molar refractivity (Wildman–Crippen MR) is 73.7 cm³/mol. The van der Waals surface area contributed by atoms with Crippen molar-refractivity contribution in [1.29, 1.82) is 0 Å². The third kappa shape index (κ3) is 8.63. The van der Waals surface area contributed by atoms with E-state index in [1.54, 1.807) is 0 Å². The van der Waals surface area contributed by atoms with Crippen LogP contribution in [0.2, 0.25) is 0 Å². The molecule has 0 aliphatic heterocycles. The van der Waals surface area contributed by atoms with E-state index in [-0.39, 0.29) is 0 Å². The van der Waals surface area contributed by atoms with Crippen LogP contribution in [-0.2, 0) is 19.1 Å². The average molecular weight is 287 g/mol. The minimum absolute atomic E-state index is 0.371. The molecule has 0 saturated carbocycles. The lowest BCUT2D eigenvalue weighted by atomic mass is 9.99. The first kappa shape index (κ1) is 18.6. The standard InChI is InChI=1S/C14H25NO5/c1-4-6-7-11(5-2)9-15-14(19)12(17)8-13(18)20-10(3)16/h11-12,17H,4-9H2,1-3H3,(H,15,19). The summed E-state index contributed by atoms with van der Waals surface area (Å²) in [7, 11) is 0. The van der Waals surface area contributed by atoms with E-state index < -0.39 is 30.4 Å². The molecule has 0 aromatic heterocycles. The molecule has 2 atom stereocenters. The molecule has 0 bridgehead atoms. The van der Waals surface area contributed by atoms with Crippen LogP contribution in [0.15, 0.2) is 0 Å². The fourth-order valence-corrected chi connectivity index (χ4v) is 1.76. The second-order valence-corrected chi connectivity index (χ2v) is 4.85. The number of aliphatic hydroxyl groups is 1. The summed E-state index contributed by atoms with van der Waals surface area (Å²) in [6, 6.07) is 0. The van der Waals surface area contributed by atoms with Gasteiger partial charge in [0.15, 0.2) is 0 Å². The van der Waals surface area contributed by atoms with E-state index in [1.165, 1.54) is 0 Å². The molecule has 20 heavy (non-hydrogen) atoms. The lowest BCUT2D eigenvalue weighted by Crippen LogP contribution is -2.38. The highest BCUT2D eigenvalue weighted by molar-refractivity contribution is 5.89. The number of amides is 1. The van der Waals surface area contributed by atoms with Gasteiger partial charge in [0.2, 0.25) is 5.91 Å². The Bertz CT molecular complexity index is 330. The van der Waals surface area contributed by atoms with Crippen LogP contribution in [0.4, 0.5) is 0 Å². The first-order chi connectivity index (χ1) is 9.40. The van der Waals surface area contributed by atoms with Crippen LogP contribution in [0.1, 0.15) is 52.9 Å². The zero-order valence-corrected chi connectivity index (χ0v) is 12.5. The number of unbranched alkanes of at least 4 members (excludes halogenated alkanes) is 1. The molecule has 6 heteroatoms. The summed E-state index contributed by atoms with van der Waals surface area (Å²) in [5.41, 5.74) is 0. The molecule has 2 N–H and O–H groups in total. The van der Waals surface area contributed by atoms with Crippen molar-refractivity contribution >= 4 is 17.8 Å². The molecule has 0 radical (unpaired) electrons. The van der Waals surface area contributed by atoms with E-state index in [0.29, 0.717) is 12.5 Å². The fourth-order valence-electron chi connectivity index (χ4n) is 1.76. The zero-order valence-electron chi connectivity index (χ0n) is 12.5. The van der Waals surface area contributed by atoms with Crippen molar-refractivity contribution in [2.75, 3.05) is 6.54 Å². The smallest absolute Gasteiger partial charge is 0.316 e. The number of carbonyl (C=O) groups excluding carboxylic acids is 3. The Hall–Kier alpha value is -1.43. The Balaban J connectivity index is 4.05. The van der Waals surface area contributed by atoms with Crippen molar-refractivity contribution in [3.8, 4) is 0 Å². The third-order valence-corrected chi connectivity index (χ3v) is 3.03. The first-order valence-corrected chi connectivity index (χ1v) is 7.07. The van der Waals surface area contributed by atoms with Gasteiger partial charge in [-0.2, -0.15) is 0 Å². The maximum Gasteiger partial charge on any atom is 0.316 e. The van der Waals surface area contributed by atoms with Crippen molar-refractivity contribution < 1.29 is 24.2 Å². The second kappa shape index (κ2) is 10.4. The molecule has 2 unspecified atom stereocenters. The molecule has 116 valence electrons. The average Bonchev–Trinajstić information content (AvgIpc) is 2.37. The van der Waals surface area contributed by atoms with Crippen molar-refractivity contribution in [1.82, 2.24) is 5.32 Å². The van der Waals surface area contributed by atoms with E-state index in [9.17, 15) is 19.5 Å². The lowest BCUT2D eigenvalue weighted by Gasteiger charge is -2.16. The van der Waals surface area contributed by atoms with Crippen LogP contribution in [0.3, 0.4) is 0 Å². The molecule has 0 saturated heterocycles. The summed E-state index contributed by atoms with van der Waals surface area (Å²) in [6.45, 7) is 5.72. The summed E-state index contributed by atoms with van der Waals surface area (Å²) in [5, 5.41) is 12.2. The van der Waals surface area contributed by atoms with E-state index in [0.717, 1.165) is 32.6 Å². The van der Waals surface area contributed by atoms with Crippen molar-refractivity contribution in [3.05, 3.63) is 0 Å². The Morgan fingerprint density at radius 3 is 2.40 bits per heavy atom. The number of nitrogens with one attached hydrogen (secondary N) is 1. The Kier molecular flexibility index (Phi) is 9.63. The maximum absolute atomic E-state index is 11.6. The molecule has 0 aliphatic carbocycles. The van der Waals surface area contributed by atoms with Gasteiger partial charge < -0.3 is 15.2 Å². The number of hydrogen-bond donors (Lipinski definition) is 2. The van der Waals surface area contributed by atoms with E-state index in [4.69, 9.17) is 0 Å². The molecular formula is C14H25NO5. The van der Waals surface area contributed by atoms with Crippen LogP contribution in [0, 0.1) is 5.92 Å². The van der Waals surface area contributed by atoms with Crippen LogP contribution < -0.4 is 5.32 Å². The number of rotatable bonds is 9. The van der Waals surface area contributed by atoms with E-state index >= 15 is 0 Å². The second-order valence-electron chi connectivity index (χ2n) is 4.85. The summed E-state index contributed by atoms with van der Waals surface area (Å²) in [6.07, 6.45) is 2.17. The summed E-state index contributed by atoms with van der Waals surface area (Å²) < 4.78 is 4.25. The monoisotopic (exact) mass is 287 g/mol. The topological polar surface area (TPSA) is 92.7 Å². The normalized spacial score (nSPS) is 13.4. The molecule has 0 aliphatic rings. The number of hydrogen-bond acceptors (Lipinski definition) is 5. The first-order valence-electron chi connectivity index (χ1n) is 7.07. The van der Waals surface area contributed by atoms with Gasteiger partial charge in [-0.15, -0.1) is 0 Å². The van der Waals surface area contributed by atoms with E-state index in [1.807, 2.05) is 6.92 Å². The Morgan fingerprint density at radius 1 is 1.25 bits per heavy atom. The van der Waals surface area contributed by atoms with Crippen LogP contribution in [0.5, 0.6) is 0 Å². The van der Waals surface area contributed by atoms with Gasteiger partial charge in [0.05, 0.1) is 6.42 Å². The van der Waals surface area contributed by atoms with Crippen LogP contribution >= 0.6 is 0 Å². The highest BCUT2D eigenvalue weighted by Crippen LogP contribution is 2.11. The minimum atomic E-state index is -1.48. The third-order valence-electron chi connectivity index (χ3n) is 3.03. The van der Waals surface area contributed by atoms with Crippen LogP contribution in [-0.4, -0.2) is 35.6 Å². The Morgan fingerprint density at radius 2 is 1.90 bits per heavy atom. The van der Waals surface area contributed by atoms with Gasteiger partial charge in [-0.3, -0.25) is 14.4 Å². The van der Waals surface area contributed by atoms with E-state index in [2.05, 4.69) is 17.0 Å². The van der Waals surface area contributed by atoms with Gasteiger partial charge in [0.1, 0.15) is 6.10 Å². The Labute approximate surface area is 119 Å². The molecule has 0 aromatic rings. The fraction of sp³-hybridized carbons (Fsp3) is 0.786. The molecule has 1 amide bonds. The molecular weight excluding hydrogens is 262 g/mol. The van der Waals surface area contributed by atoms with Gasteiger partial charge in [0.25, 0.3) is 0 Å². The van der Waals surface area contributed by atoms with Gasteiger partial charge >= 0.3 is 11.9 Å². The predicted octanol–water partition coefficient (Wildman–Crippen LogP) is 1.16. The highest BCUT2D eigenvalue weighted by Gasteiger charge is 2.21. The van der Waals surface area contributed by atoms with Gasteiger partial charge in [-0.25, -0.2) is 0 Å². The van der Waals surface area contributed by atoms with Crippen molar-refractivity contribution in [2.24, 2.45) is 5.92 Å². The summed E-state index contributed by atoms with van der Waals surface area (Å²) in [4.78, 5) is 33.3. The zero-order chi connectivity index (χ0) is 15.5. The van der Waals surface area contributed by atoms with Gasteiger partial charge in [-0.05, 0) is 12.3 Å². The summed E-state index contributed by atoms with van der Waals surface area (Å²) in [5.74, 6) is -1.90. The quantitative estimate of drug-likeness (QED) is 0.490.